The second kappa shape index (κ2) is 8.41. The molecule has 1 atom stereocenters. The van der Waals surface area contributed by atoms with Crippen LogP contribution in [0.5, 0.6) is 5.75 Å². The van der Waals surface area contributed by atoms with E-state index in [1.165, 1.54) is 25.3 Å². The second-order valence-electron chi connectivity index (χ2n) is 6.55. The molecule has 0 heterocycles. The summed E-state index contributed by atoms with van der Waals surface area (Å²) in [6.45, 7) is 1.88. The molecule has 0 saturated carbocycles. The number of methoxy groups -OCH3 is 1. The van der Waals surface area contributed by atoms with Crippen LogP contribution in [0.2, 0.25) is 0 Å². The first-order valence-corrected chi connectivity index (χ1v) is 9.94. The van der Waals surface area contributed by atoms with Crippen molar-refractivity contribution in [3.8, 4) is 5.75 Å². The highest BCUT2D eigenvalue weighted by atomic mass is 32.2. The van der Waals surface area contributed by atoms with E-state index in [0.29, 0.717) is 6.42 Å². The van der Waals surface area contributed by atoms with Gasteiger partial charge in [-0.2, -0.15) is 0 Å². The van der Waals surface area contributed by atoms with Gasteiger partial charge >= 0.3 is 0 Å². The largest absolute Gasteiger partial charge is 0.496 e. The molecule has 2 aromatic carbocycles. The van der Waals surface area contributed by atoms with Gasteiger partial charge in [-0.3, -0.25) is 4.79 Å². The standard InChI is InChI=1S/C19H25N3O4S/c1-13(11-14-5-7-15(8-6-14)22(2)3)21-19(23)17-12-16(27(20,24)25)9-10-18(17)26-4/h5-10,12-13H,11H2,1-4H3,(H,21,23)(H2,20,24,25)/t13-/m0/s1. The van der Waals surface area contributed by atoms with Crippen LogP contribution in [-0.4, -0.2) is 41.6 Å². The summed E-state index contributed by atoms with van der Waals surface area (Å²) in [5, 5.41) is 8.02. The molecular weight excluding hydrogens is 366 g/mol. The molecule has 2 aromatic rings. The molecule has 2 rings (SSSR count). The van der Waals surface area contributed by atoms with Crippen LogP contribution in [0.4, 0.5) is 5.69 Å². The van der Waals surface area contributed by atoms with Crippen LogP contribution >= 0.6 is 0 Å². The summed E-state index contributed by atoms with van der Waals surface area (Å²) in [6.07, 6.45) is 0.636. The fraction of sp³-hybridized carbons (Fsp3) is 0.316. The van der Waals surface area contributed by atoms with Crippen molar-refractivity contribution in [3.05, 3.63) is 53.6 Å². The van der Waals surface area contributed by atoms with Gasteiger partial charge in [-0.25, -0.2) is 13.6 Å². The van der Waals surface area contributed by atoms with Gasteiger partial charge in [-0.15, -0.1) is 0 Å². The van der Waals surface area contributed by atoms with Gasteiger partial charge in [0.25, 0.3) is 5.91 Å². The molecule has 3 N–H and O–H groups in total. The zero-order valence-corrected chi connectivity index (χ0v) is 16.7. The average Bonchev–Trinajstić information content (AvgIpc) is 2.60. The number of carbonyl (C=O) groups excluding carboxylic acids is 1. The van der Waals surface area contributed by atoms with Crippen molar-refractivity contribution in [1.82, 2.24) is 5.32 Å². The summed E-state index contributed by atoms with van der Waals surface area (Å²) in [4.78, 5) is 14.5. The molecule has 0 unspecified atom stereocenters. The molecule has 7 nitrogen and oxygen atoms in total. The number of hydrogen-bond acceptors (Lipinski definition) is 5. The third kappa shape index (κ3) is 5.45. The van der Waals surface area contributed by atoms with Crippen molar-refractivity contribution < 1.29 is 17.9 Å². The van der Waals surface area contributed by atoms with Gasteiger partial charge in [0.05, 0.1) is 17.6 Å². The van der Waals surface area contributed by atoms with Crippen molar-refractivity contribution in [1.29, 1.82) is 0 Å². The number of carbonyl (C=O) groups is 1. The van der Waals surface area contributed by atoms with Crippen LogP contribution in [0, 0.1) is 0 Å². The zero-order chi connectivity index (χ0) is 20.2. The summed E-state index contributed by atoms with van der Waals surface area (Å²) in [5.74, 6) is -0.141. The Morgan fingerprint density at radius 3 is 2.33 bits per heavy atom. The van der Waals surface area contributed by atoms with Crippen LogP contribution < -0.4 is 20.1 Å². The lowest BCUT2D eigenvalue weighted by Gasteiger charge is -2.17. The number of nitrogens with zero attached hydrogens (tertiary/aromatic N) is 1. The molecule has 0 fully saturated rings. The number of nitrogens with one attached hydrogen (secondary N) is 1. The topological polar surface area (TPSA) is 102 Å². The first-order chi connectivity index (χ1) is 12.6. The predicted octanol–water partition coefficient (Wildman–Crippen LogP) is 1.77. The first-order valence-electron chi connectivity index (χ1n) is 8.39. The van der Waals surface area contributed by atoms with Gasteiger partial charge < -0.3 is 15.0 Å². The average molecular weight is 391 g/mol. The maximum Gasteiger partial charge on any atom is 0.255 e. The number of benzene rings is 2. The Bertz CT molecular complexity index is 909. The highest BCUT2D eigenvalue weighted by Gasteiger charge is 2.19. The van der Waals surface area contributed by atoms with Gasteiger partial charge in [0.1, 0.15) is 5.75 Å². The van der Waals surface area contributed by atoms with E-state index < -0.39 is 15.9 Å². The number of nitrogens with two attached hydrogens (primary N) is 1. The Hall–Kier alpha value is -2.58. The van der Waals surface area contributed by atoms with Crippen LogP contribution in [0.15, 0.2) is 47.4 Å². The number of rotatable bonds is 7. The molecule has 146 valence electrons. The van der Waals surface area contributed by atoms with E-state index in [1.54, 1.807) is 0 Å². The van der Waals surface area contributed by atoms with Gasteiger partial charge in [0.15, 0.2) is 0 Å². The lowest BCUT2D eigenvalue weighted by Crippen LogP contribution is -2.34. The molecule has 0 bridgehead atoms. The molecule has 8 heteroatoms. The smallest absolute Gasteiger partial charge is 0.255 e. The number of sulfonamides is 1. The van der Waals surface area contributed by atoms with Crippen molar-refractivity contribution in [3.63, 3.8) is 0 Å². The third-order valence-electron chi connectivity index (χ3n) is 4.12. The highest BCUT2D eigenvalue weighted by molar-refractivity contribution is 7.89. The Morgan fingerprint density at radius 2 is 1.81 bits per heavy atom. The minimum atomic E-state index is -3.91. The Balaban J connectivity index is 2.13. The fourth-order valence-electron chi connectivity index (χ4n) is 2.68. The van der Waals surface area contributed by atoms with E-state index in [4.69, 9.17) is 9.88 Å². The summed E-state index contributed by atoms with van der Waals surface area (Å²) in [7, 11) is 1.45. The van der Waals surface area contributed by atoms with Gasteiger partial charge in [-0.1, -0.05) is 12.1 Å². The van der Waals surface area contributed by atoms with Gasteiger partial charge in [-0.05, 0) is 49.2 Å². The van der Waals surface area contributed by atoms with Crippen molar-refractivity contribution in [2.45, 2.75) is 24.3 Å². The van der Waals surface area contributed by atoms with E-state index in [0.717, 1.165) is 11.3 Å². The summed E-state index contributed by atoms with van der Waals surface area (Å²) in [6, 6.07) is 11.8. The van der Waals surface area contributed by atoms with E-state index in [1.807, 2.05) is 50.2 Å². The number of amides is 1. The van der Waals surface area contributed by atoms with Crippen LogP contribution in [0.25, 0.3) is 0 Å². The monoisotopic (exact) mass is 391 g/mol. The Kier molecular flexibility index (Phi) is 6.45. The maximum absolute atomic E-state index is 12.6. The van der Waals surface area contributed by atoms with Crippen molar-refractivity contribution in [2.24, 2.45) is 5.14 Å². The molecule has 0 aliphatic heterocycles. The third-order valence-corrected chi connectivity index (χ3v) is 5.03. The number of ether oxygens (including phenoxy) is 1. The van der Waals surface area contributed by atoms with Gasteiger partial charge in [0.2, 0.25) is 10.0 Å². The normalized spacial score (nSPS) is 12.3. The van der Waals surface area contributed by atoms with Gasteiger partial charge in [0, 0.05) is 25.8 Å². The summed E-state index contributed by atoms with van der Waals surface area (Å²) < 4.78 is 28.3. The maximum atomic E-state index is 12.6. The van der Waals surface area contributed by atoms with Crippen molar-refractivity contribution >= 4 is 21.6 Å². The SMILES string of the molecule is COc1ccc(S(N)(=O)=O)cc1C(=O)N[C@@H](C)Cc1ccc(N(C)C)cc1. The summed E-state index contributed by atoms with van der Waals surface area (Å²) in [5.41, 5.74) is 2.30. The van der Waals surface area contributed by atoms with Crippen LogP contribution in [-0.2, 0) is 16.4 Å². The Morgan fingerprint density at radius 1 is 1.19 bits per heavy atom. The molecule has 0 aliphatic rings. The molecule has 0 aromatic heterocycles. The predicted molar refractivity (Wildman–Crippen MR) is 106 cm³/mol. The minimum absolute atomic E-state index is 0.124. The molecule has 1 amide bonds. The number of hydrogen-bond donors (Lipinski definition) is 2. The minimum Gasteiger partial charge on any atom is -0.496 e. The molecule has 0 radical (unpaired) electrons. The lowest BCUT2D eigenvalue weighted by molar-refractivity contribution is 0.0937. The fourth-order valence-corrected chi connectivity index (χ4v) is 3.22. The quantitative estimate of drug-likeness (QED) is 0.749. The van der Waals surface area contributed by atoms with E-state index in [2.05, 4.69) is 5.32 Å². The molecule has 0 saturated heterocycles. The van der Waals surface area contributed by atoms with Crippen LogP contribution in [0.1, 0.15) is 22.8 Å². The number of anilines is 1. The number of primary sulfonamides is 1. The first kappa shape index (κ1) is 20.7. The zero-order valence-electron chi connectivity index (χ0n) is 15.9. The lowest BCUT2D eigenvalue weighted by atomic mass is 10.1. The van der Waals surface area contributed by atoms with Crippen LogP contribution in [0.3, 0.4) is 0 Å². The second-order valence-corrected chi connectivity index (χ2v) is 8.11. The molecule has 0 spiro atoms. The molecule has 27 heavy (non-hydrogen) atoms. The van der Waals surface area contributed by atoms with Crippen molar-refractivity contribution in [2.75, 3.05) is 26.1 Å². The highest BCUT2D eigenvalue weighted by Crippen LogP contribution is 2.22. The van der Waals surface area contributed by atoms with E-state index in [-0.39, 0.29) is 22.3 Å². The van der Waals surface area contributed by atoms with E-state index >= 15 is 0 Å². The summed E-state index contributed by atoms with van der Waals surface area (Å²) >= 11 is 0. The Labute approximate surface area is 160 Å². The molecular formula is C19H25N3O4S. The molecule has 0 aliphatic carbocycles. The van der Waals surface area contributed by atoms with E-state index in [9.17, 15) is 13.2 Å².